The van der Waals surface area contributed by atoms with Gasteiger partial charge in [0.25, 0.3) is 5.22 Å². The van der Waals surface area contributed by atoms with Crippen LogP contribution in [0.2, 0.25) is 0 Å². The van der Waals surface area contributed by atoms with E-state index >= 15 is 0 Å². The maximum Gasteiger partial charge on any atom is 0.573 e. The second-order valence-corrected chi connectivity index (χ2v) is 7.81. The quantitative estimate of drug-likeness (QED) is 0.351. The number of fused-ring (bicyclic) bond motifs is 1. The fourth-order valence-corrected chi connectivity index (χ4v) is 3.60. The van der Waals surface area contributed by atoms with Gasteiger partial charge in [-0.3, -0.25) is 4.79 Å². The molecule has 2 aromatic carbocycles. The highest BCUT2D eigenvalue weighted by Gasteiger charge is 2.32. The Hall–Kier alpha value is -3.54. The minimum absolute atomic E-state index is 0.0342. The molecule has 172 valence electrons. The highest BCUT2D eigenvalue weighted by atomic mass is 32.2. The summed E-state index contributed by atoms with van der Waals surface area (Å²) in [5.41, 5.74) is 2.04. The average molecular weight is 477 g/mol. The molecule has 0 aliphatic carbocycles. The predicted molar refractivity (Wildman–Crippen MR) is 113 cm³/mol. The van der Waals surface area contributed by atoms with Gasteiger partial charge < -0.3 is 19.5 Å². The van der Waals surface area contributed by atoms with Gasteiger partial charge in [-0.25, -0.2) is 4.98 Å². The number of aromatic nitrogens is 4. The minimum Gasteiger partial charge on any atom is -0.416 e. The van der Waals surface area contributed by atoms with Crippen molar-refractivity contribution in [3.05, 3.63) is 65.8 Å². The number of hydrogen-bond donors (Lipinski definition) is 2. The molecule has 4 aromatic rings. The van der Waals surface area contributed by atoms with Crippen molar-refractivity contribution in [2.75, 3.05) is 5.75 Å². The third kappa shape index (κ3) is 6.48. The molecule has 2 aromatic heterocycles. The molecular weight excluding hydrogens is 459 g/mol. The van der Waals surface area contributed by atoms with E-state index < -0.39 is 12.3 Å². The Morgan fingerprint density at radius 1 is 1.09 bits per heavy atom. The number of ether oxygens (including phenoxy) is 1. The van der Waals surface area contributed by atoms with Crippen molar-refractivity contribution in [1.82, 2.24) is 25.5 Å². The lowest BCUT2D eigenvalue weighted by Gasteiger charge is -2.13. The summed E-state index contributed by atoms with van der Waals surface area (Å²) >= 11 is 1.04. The van der Waals surface area contributed by atoms with Crippen LogP contribution in [0.4, 0.5) is 13.2 Å². The van der Waals surface area contributed by atoms with E-state index in [4.69, 9.17) is 4.42 Å². The smallest absolute Gasteiger partial charge is 0.416 e. The lowest BCUT2D eigenvalue weighted by Crippen LogP contribution is -2.25. The lowest BCUT2D eigenvalue weighted by molar-refractivity contribution is -0.274. The average Bonchev–Trinajstić information content (AvgIpc) is 3.41. The van der Waals surface area contributed by atoms with Crippen LogP contribution in [0.5, 0.6) is 5.75 Å². The molecule has 2 heterocycles. The zero-order valence-electron chi connectivity index (χ0n) is 17.1. The fourth-order valence-electron chi connectivity index (χ4n) is 2.99. The first-order valence-corrected chi connectivity index (χ1v) is 10.8. The van der Waals surface area contributed by atoms with E-state index in [1.54, 1.807) is 6.07 Å². The summed E-state index contributed by atoms with van der Waals surface area (Å²) in [4.78, 5) is 19.8. The molecule has 33 heavy (non-hydrogen) atoms. The molecule has 0 atom stereocenters. The van der Waals surface area contributed by atoms with Crippen LogP contribution < -0.4 is 10.1 Å². The van der Waals surface area contributed by atoms with Gasteiger partial charge in [0.2, 0.25) is 11.8 Å². The van der Waals surface area contributed by atoms with E-state index in [-0.39, 0.29) is 28.8 Å². The number of halogens is 3. The molecule has 0 aliphatic rings. The summed E-state index contributed by atoms with van der Waals surface area (Å²) < 4.78 is 47.0. The van der Waals surface area contributed by atoms with E-state index in [9.17, 15) is 18.0 Å². The number of carbonyl (C=O) groups excluding carboxylic acids is 1. The number of aromatic amines is 1. The van der Waals surface area contributed by atoms with E-state index in [0.717, 1.165) is 28.6 Å². The van der Waals surface area contributed by atoms with Crippen molar-refractivity contribution in [2.24, 2.45) is 0 Å². The number of amides is 1. The van der Waals surface area contributed by atoms with Crippen LogP contribution in [0, 0.1) is 0 Å². The number of nitrogens with one attached hydrogen (secondary N) is 2. The molecular formula is C21H18F3N5O3S. The number of hydrogen-bond acceptors (Lipinski definition) is 7. The van der Waals surface area contributed by atoms with E-state index in [1.165, 1.54) is 18.2 Å². The van der Waals surface area contributed by atoms with Crippen molar-refractivity contribution >= 4 is 28.7 Å². The first-order valence-electron chi connectivity index (χ1n) is 9.85. The van der Waals surface area contributed by atoms with Crippen molar-refractivity contribution in [3.8, 4) is 5.75 Å². The Morgan fingerprint density at radius 2 is 1.88 bits per heavy atom. The van der Waals surface area contributed by atoms with Crippen LogP contribution >= 0.6 is 11.8 Å². The largest absolute Gasteiger partial charge is 0.573 e. The van der Waals surface area contributed by atoms with Crippen LogP contribution in [0.3, 0.4) is 0 Å². The molecule has 0 aliphatic heterocycles. The summed E-state index contributed by atoms with van der Waals surface area (Å²) in [7, 11) is 0. The summed E-state index contributed by atoms with van der Waals surface area (Å²) in [6.45, 7) is -0.113. The predicted octanol–water partition coefficient (Wildman–Crippen LogP) is 4.04. The number of thioether (sulfide) groups is 1. The van der Waals surface area contributed by atoms with Gasteiger partial charge in [0.05, 0.1) is 16.8 Å². The lowest BCUT2D eigenvalue weighted by atomic mass is 10.2. The summed E-state index contributed by atoms with van der Waals surface area (Å²) in [5, 5.41) is 10.7. The number of imidazole rings is 1. The van der Waals surface area contributed by atoms with Crippen molar-refractivity contribution in [3.63, 3.8) is 0 Å². The molecule has 4 rings (SSSR count). The SMILES string of the molecule is O=C(CSc1nnc(CCc2nc3ccccc3[nH]2)o1)NCc1ccccc1OC(F)(F)F. The number of para-hydroxylation sites is 3. The van der Waals surface area contributed by atoms with Crippen molar-refractivity contribution < 1.29 is 27.1 Å². The highest BCUT2D eigenvalue weighted by Crippen LogP contribution is 2.26. The number of H-pyrrole nitrogens is 1. The Labute approximate surface area is 189 Å². The van der Waals surface area contributed by atoms with Crippen molar-refractivity contribution in [2.45, 2.75) is 31.0 Å². The molecule has 0 unspecified atom stereocenters. The maximum atomic E-state index is 12.5. The third-order valence-corrected chi connectivity index (χ3v) is 5.28. The molecule has 0 saturated carbocycles. The first-order chi connectivity index (χ1) is 15.9. The number of benzene rings is 2. The Morgan fingerprint density at radius 3 is 2.70 bits per heavy atom. The normalized spacial score (nSPS) is 11.6. The van der Waals surface area contributed by atoms with E-state index in [1.807, 2.05) is 24.3 Å². The fraction of sp³-hybridized carbons (Fsp3) is 0.238. The first kappa shape index (κ1) is 22.6. The van der Waals surface area contributed by atoms with Gasteiger partial charge in [-0.15, -0.1) is 23.4 Å². The van der Waals surface area contributed by atoms with Gasteiger partial charge in [-0.05, 0) is 18.2 Å². The van der Waals surface area contributed by atoms with Crippen LogP contribution in [-0.2, 0) is 24.2 Å². The summed E-state index contributed by atoms with van der Waals surface area (Å²) in [5.74, 6) is 0.426. The van der Waals surface area contributed by atoms with E-state index in [2.05, 4.69) is 30.2 Å². The topological polar surface area (TPSA) is 106 Å². The molecule has 2 N–H and O–H groups in total. The Kier molecular flexibility index (Phi) is 6.82. The zero-order valence-corrected chi connectivity index (χ0v) is 17.9. The highest BCUT2D eigenvalue weighted by molar-refractivity contribution is 7.99. The van der Waals surface area contributed by atoms with Gasteiger partial charge in [0, 0.05) is 24.9 Å². The Bertz CT molecular complexity index is 1210. The Balaban J connectivity index is 1.23. The zero-order chi connectivity index (χ0) is 23.3. The molecule has 0 fully saturated rings. The number of aryl methyl sites for hydroxylation is 2. The molecule has 8 nitrogen and oxygen atoms in total. The molecule has 0 saturated heterocycles. The molecule has 0 spiro atoms. The van der Waals surface area contributed by atoms with E-state index in [0.29, 0.717) is 18.7 Å². The van der Waals surface area contributed by atoms with Gasteiger partial charge in [0.1, 0.15) is 11.6 Å². The van der Waals surface area contributed by atoms with Crippen LogP contribution in [0.1, 0.15) is 17.3 Å². The second kappa shape index (κ2) is 9.94. The number of nitrogens with zero attached hydrogens (tertiary/aromatic N) is 3. The molecule has 0 radical (unpaired) electrons. The standard InChI is InChI=1S/C21H18F3N5O3S/c22-21(23,24)32-16-8-4-1-5-13(16)11-25-18(30)12-33-20-29-28-19(31-20)10-9-17-26-14-6-2-3-7-15(14)27-17/h1-8H,9-12H2,(H,25,30)(H,26,27). The number of alkyl halides is 3. The maximum absolute atomic E-state index is 12.5. The van der Waals surface area contributed by atoms with Gasteiger partial charge in [0.15, 0.2) is 0 Å². The monoisotopic (exact) mass is 477 g/mol. The second-order valence-electron chi connectivity index (χ2n) is 6.88. The van der Waals surface area contributed by atoms with Crippen LogP contribution in [0.25, 0.3) is 11.0 Å². The van der Waals surface area contributed by atoms with Crippen LogP contribution in [0.15, 0.2) is 58.2 Å². The molecule has 0 bridgehead atoms. The van der Waals surface area contributed by atoms with Crippen LogP contribution in [-0.4, -0.2) is 38.2 Å². The van der Waals surface area contributed by atoms with Crippen molar-refractivity contribution in [1.29, 1.82) is 0 Å². The van der Waals surface area contributed by atoms with Gasteiger partial charge >= 0.3 is 6.36 Å². The number of carbonyl (C=O) groups is 1. The molecule has 1 amide bonds. The number of rotatable bonds is 9. The third-order valence-electron chi connectivity index (χ3n) is 4.46. The van der Waals surface area contributed by atoms with Gasteiger partial charge in [-0.2, -0.15) is 0 Å². The van der Waals surface area contributed by atoms with Gasteiger partial charge in [-0.1, -0.05) is 42.1 Å². The summed E-state index contributed by atoms with van der Waals surface area (Å²) in [6.07, 6.45) is -3.74. The summed E-state index contributed by atoms with van der Waals surface area (Å²) in [6, 6.07) is 13.3. The minimum atomic E-state index is -4.81. The molecule has 12 heteroatoms.